The lowest BCUT2D eigenvalue weighted by molar-refractivity contribution is 0.163. The van der Waals surface area contributed by atoms with Crippen molar-refractivity contribution in [1.29, 1.82) is 0 Å². The van der Waals surface area contributed by atoms with Crippen LogP contribution in [0, 0.1) is 0 Å². The molecular formula is C14H14BrNO. The van der Waals surface area contributed by atoms with Gasteiger partial charge in [0.05, 0.1) is 11.8 Å². The SMILES string of the molecule is OC(CCc1ccccc1)c1ccc(Br)cn1. The average molecular weight is 292 g/mol. The largest absolute Gasteiger partial charge is 0.387 e. The maximum Gasteiger partial charge on any atom is 0.0962 e. The van der Waals surface area contributed by atoms with Gasteiger partial charge in [-0.2, -0.15) is 0 Å². The topological polar surface area (TPSA) is 33.1 Å². The Morgan fingerprint density at radius 2 is 1.88 bits per heavy atom. The van der Waals surface area contributed by atoms with Gasteiger partial charge in [-0.1, -0.05) is 30.3 Å². The molecule has 17 heavy (non-hydrogen) atoms. The summed E-state index contributed by atoms with van der Waals surface area (Å²) in [6.07, 6.45) is 2.77. The van der Waals surface area contributed by atoms with Crippen LogP contribution in [0.15, 0.2) is 53.1 Å². The summed E-state index contributed by atoms with van der Waals surface area (Å²) in [5.74, 6) is 0. The molecule has 2 rings (SSSR count). The van der Waals surface area contributed by atoms with Crippen molar-refractivity contribution in [3.05, 3.63) is 64.4 Å². The van der Waals surface area contributed by atoms with Crippen LogP contribution in [0.5, 0.6) is 0 Å². The third-order valence-corrected chi connectivity index (χ3v) is 3.11. The molecule has 1 aromatic carbocycles. The Bertz CT molecular complexity index is 455. The minimum atomic E-state index is -0.497. The lowest BCUT2D eigenvalue weighted by Crippen LogP contribution is -2.01. The summed E-state index contributed by atoms with van der Waals surface area (Å²) in [5.41, 5.74) is 1.97. The van der Waals surface area contributed by atoms with Crippen molar-refractivity contribution in [2.45, 2.75) is 18.9 Å². The monoisotopic (exact) mass is 291 g/mol. The number of halogens is 1. The van der Waals surface area contributed by atoms with Gasteiger partial charge in [0.15, 0.2) is 0 Å². The lowest BCUT2D eigenvalue weighted by atomic mass is 10.0. The summed E-state index contributed by atoms with van der Waals surface area (Å²) in [5, 5.41) is 9.99. The van der Waals surface area contributed by atoms with Crippen LogP contribution in [-0.4, -0.2) is 10.1 Å². The van der Waals surface area contributed by atoms with Crippen LogP contribution in [0.2, 0.25) is 0 Å². The second kappa shape index (κ2) is 5.94. The minimum absolute atomic E-state index is 0.497. The van der Waals surface area contributed by atoms with Crippen LogP contribution >= 0.6 is 15.9 Å². The zero-order valence-corrected chi connectivity index (χ0v) is 11.0. The van der Waals surface area contributed by atoms with E-state index in [0.717, 1.165) is 16.6 Å². The van der Waals surface area contributed by atoms with E-state index in [1.165, 1.54) is 5.56 Å². The van der Waals surface area contributed by atoms with Crippen molar-refractivity contribution in [2.24, 2.45) is 0 Å². The number of hydrogen-bond acceptors (Lipinski definition) is 2. The Hall–Kier alpha value is -1.19. The number of aliphatic hydroxyl groups is 1. The van der Waals surface area contributed by atoms with Crippen LogP contribution in [0.4, 0.5) is 0 Å². The van der Waals surface area contributed by atoms with E-state index >= 15 is 0 Å². The highest BCUT2D eigenvalue weighted by Crippen LogP contribution is 2.18. The molecule has 88 valence electrons. The first-order valence-electron chi connectivity index (χ1n) is 5.59. The highest BCUT2D eigenvalue weighted by Gasteiger charge is 2.08. The predicted octanol–water partition coefficient (Wildman–Crippen LogP) is 3.51. The van der Waals surface area contributed by atoms with Gasteiger partial charge in [-0.3, -0.25) is 4.98 Å². The molecule has 1 atom stereocenters. The number of aryl methyl sites for hydroxylation is 1. The van der Waals surface area contributed by atoms with E-state index in [0.29, 0.717) is 6.42 Å². The summed E-state index contributed by atoms with van der Waals surface area (Å²) < 4.78 is 0.927. The molecule has 0 amide bonds. The van der Waals surface area contributed by atoms with Gasteiger partial charge >= 0.3 is 0 Å². The highest BCUT2D eigenvalue weighted by atomic mass is 79.9. The van der Waals surface area contributed by atoms with Crippen LogP contribution in [-0.2, 0) is 6.42 Å². The van der Waals surface area contributed by atoms with Gasteiger partial charge in [0.2, 0.25) is 0 Å². The summed E-state index contributed by atoms with van der Waals surface area (Å²) in [6, 6.07) is 13.9. The first-order valence-corrected chi connectivity index (χ1v) is 6.38. The molecule has 0 saturated carbocycles. The highest BCUT2D eigenvalue weighted by molar-refractivity contribution is 9.10. The van der Waals surface area contributed by atoms with E-state index in [2.05, 4.69) is 33.0 Å². The fourth-order valence-electron chi connectivity index (χ4n) is 1.68. The fourth-order valence-corrected chi connectivity index (χ4v) is 1.91. The zero-order valence-electron chi connectivity index (χ0n) is 9.38. The van der Waals surface area contributed by atoms with E-state index in [9.17, 15) is 5.11 Å². The van der Waals surface area contributed by atoms with E-state index in [1.54, 1.807) is 6.20 Å². The molecule has 0 aliphatic heterocycles. The Labute approximate surface area is 109 Å². The second-order valence-corrected chi connectivity index (χ2v) is 4.86. The molecule has 2 aromatic rings. The zero-order chi connectivity index (χ0) is 12.1. The maximum atomic E-state index is 9.99. The number of pyridine rings is 1. The molecule has 1 unspecified atom stereocenters. The van der Waals surface area contributed by atoms with Crippen molar-refractivity contribution < 1.29 is 5.11 Å². The quantitative estimate of drug-likeness (QED) is 0.935. The number of rotatable bonds is 4. The maximum absolute atomic E-state index is 9.99. The molecule has 1 N–H and O–H groups in total. The van der Waals surface area contributed by atoms with Gasteiger partial charge in [-0.15, -0.1) is 0 Å². The smallest absolute Gasteiger partial charge is 0.0962 e. The standard InChI is InChI=1S/C14H14BrNO/c15-12-7-8-13(16-10-12)14(17)9-6-11-4-2-1-3-5-11/h1-5,7-8,10,14,17H,6,9H2. The van der Waals surface area contributed by atoms with Crippen LogP contribution in [0.25, 0.3) is 0 Å². The average Bonchev–Trinajstić information content (AvgIpc) is 2.38. The first-order chi connectivity index (χ1) is 8.25. The van der Waals surface area contributed by atoms with Crippen molar-refractivity contribution in [2.75, 3.05) is 0 Å². The number of hydrogen-bond donors (Lipinski definition) is 1. The van der Waals surface area contributed by atoms with Crippen LogP contribution in [0.1, 0.15) is 23.8 Å². The Morgan fingerprint density at radius 1 is 1.12 bits per heavy atom. The van der Waals surface area contributed by atoms with E-state index in [1.807, 2.05) is 30.3 Å². The van der Waals surface area contributed by atoms with Gasteiger partial charge in [0.1, 0.15) is 0 Å². The predicted molar refractivity (Wildman–Crippen MR) is 71.7 cm³/mol. The fraction of sp³-hybridized carbons (Fsp3) is 0.214. The molecule has 1 aromatic heterocycles. The van der Waals surface area contributed by atoms with E-state index < -0.39 is 6.10 Å². The molecule has 1 heterocycles. The molecule has 0 spiro atoms. The third kappa shape index (κ3) is 3.65. The molecule has 0 aliphatic carbocycles. The van der Waals surface area contributed by atoms with Crippen LogP contribution in [0.3, 0.4) is 0 Å². The molecule has 3 heteroatoms. The third-order valence-electron chi connectivity index (χ3n) is 2.64. The van der Waals surface area contributed by atoms with Gasteiger partial charge < -0.3 is 5.11 Å². The van der Waals surface area contributed by atoms with Crippen molar-refractivity contribution in [1.82, 2.24) is 4.98 Å². The lowest BCUT2D eigenvalue weighted by Gasteiger charge is -2.09. The summed E-state index contributed by atoms with van der Waals surface area (Å²) in [7, 11) is 0. The first kappa shape index (κ1) is 12.3. The summed E-state index contributed by atoms with van der Waals surface area (Å²) in [4.78, 5) is 4.19. The molecule has 0 aliphatic rings. The summed E-state index contributed by atoms with van der Waals surface area (Å²) in [6.45, 7) is 0. The Morgan fingerprint density at radius 3 is 2.53 bits per heavy atom. The van der Waals surface area contributed by atoms with E-state index in [4.69, 9.17) is 0 Å². The minimum Gasteiger partial charge on any atom is -0.387 e. The summed E-state index contributed by atoms with van der Waals surface area (Å²) >= 11 is 3.33. The van der Waals surface area contributed by atoms with Gasteiger partial charge in [-0.25, -0.2) is 0 Å². The second-order valence-electron chi connectivity index (χ2n) is 3.94. The van der Waals surface area contributed by atoms with Gasteiger partial charge in [0.25, 0.3) is 0 Å². The van der Waals surface area contributed by atoms with Crippen LogP contribution < -0.4 is 0 Å². The molecule has 2 nitrogen and oxygen atoms in total. The molecular weight excluding hydrogens is 278 g/mol. The van der Waals surface area contributed by atoms with Crippen molar-refractivity contribution in [3.63, 3.8) is 0 Å². The number of aromatic nitrogens is 1. The Kier molecular flexibility index (Phi) is 4.29. The number of nitrogens with zero attached hydrogens (tertiary/aromatic N) is 1. The molecule has 0 radical (unpaired) electrons. The van der Waals surface area contributed by atoms with Gasteiger partial charge in [0, 0.05) is 10.7 Å². The van der Waals surface area contributed by atoms with E-state index in [-0.39, 0.29) is 0 Å². The van der Waals surface area contributed by atoms with Gasteiger partial charge in [-0.05, 0) is 46.5 Å². The normalized spacial score (nSPS) is 12.4. The van der Waals surface area contributed by atoms with Crippen molar-refractivity contribution in [3.8, 4) is 0 Å². The van der Waals surface area contributed by atoms with Crippen molar-refractivity contribution >= 4 is 15.9 Å². The molecule has 0 saturated heterocycles. The Balaban J connectivity index is 1.93. The number of aliphatic hydroxyl groups excluding tert-OH is 1. The molecule has 0 bridgehead atoms. The molecule has 0 fully saturated rings. The number of benzene rings is 1.